The number of halogens is 2. The number of nitrogens with zero attached hydrogens (tertiary/aromatic N) is 2. The summed E-state index contributed by atoms with van der Waals surface area (Å²) >= 11 is 0. The number of aromatic nitrogens is 1. The Morgan fingerprint density at radius 2 is 1.96 bits per heavy atom. The summed E-state index contributed by atoms with van der Waals surface area (Å²) in [5, 5.41) is 12.0. The van der Waals surface area contributed by atoms with Crippen molar-refractivity contribution in [1.82, 2.24) is 10.3 Å². The first kappa shape index (κ1) is 20.4. The van der Waals surface area contributed by atoms with E-state index in [-0.39, 0.29) is 24.7 Å². The molecule has 1 aliphatic heterocycles. The van der Waals surface area contributed by atoms with Gasteiger partial charge in [-0.15, -0.1) is 0 Å². The van der Waals surface area contributed by atoms with E-state index in [1.807, 2.05) is 7.05 Å². The first-order valence-electron chi connectivity index (χ1n) is 8.69. The van der Waals surface area contributed by atoms with E-state index < -0.39 is 11.9 Å². The van der Waals surface area contributed by atoms with Gasteiger partial charge in [-0.3, -0.25) is 0 Å². The topological polar surface area (TPSA) is 74.7 Å². The van der Waals surface area contributed by atoms with Gasteiger partial charge >= 0.3 is 5.97 Å². The Bertz CT molecular complexity index is 635. The first-order valence-corrected chi connectivity index (χ1v) is 8.69. The number of pyridine rings is 1. The number of carbonyl (C=O) groups is 1. The van der Waals surface area contributed by atoms with Crippen molar-refractivity contribution in [3.05, 3.63) is 17.8 Å². The average molecular weight is 371 g/mol. The zero-order valence-corrected chi connectivity index (χ0v) is 15.7. The van der Waals surface area contributed by atoms with E-state index in [4.69, 9.17) is 9.84 Å². The van der Waals surface area contributed by atoms with E-state index in [0.717, 1.165) is 12.8 Å². The van der Waals surface area contributed by atoms with Gasteiger partial charge in [-0.2, -0.15) is 0 Å². The number of aromatic carboxylic acids is 1. The lowest BCUT2D eigenvalue weighted by Gasteiger charge is -2.40. The third-order valence-electron chi connectivity index (χ3n) is 4.15. The Kier molecular flexibility index (Phi) is 6.05. The normalized spacial score (nSPS) is 18.5. The average Bonchev–Trinajstić information content (AvgIpc) is 3.34. The highest BCUT2D eigenvalue weighted by atomic mass is 19.3. The zero-order chi connectivity index (χ0) is 19.5. The maximum Gasteiger partial charge on any atom is 0.354 e. The summed E-state index contributed by atoms with van der Waals surface area (Å²) in [6.07, 6.45) is 2.16. The van der Waals surface area contributed by atoms with E-state index in [1.54, 1.807) is 0 Å². The van der Waals surface area contributed by atoms with Crippen molar-refractivity contribution in [2.45, 2.75) is 45.1 Å². The number of anilines is 1. The van der Waals surface area contributed by atoms with Gasteiger partial charge in [-0.05, 0) is 58.7 Å². The quantitative estimate of drug-likeness (QED) is 0.829. The largest absolute Gasteiger partial charge is 0.477 e. The van der Waals surface area contributed by atoms with Gasteiger partial charge in [0.15, 0.2) is 5.69 Å². The van der Waals surface area contributed by atoms with Gasteiger partial charge < -0.3 is 20.1 Å². The summed E-state index contributed by atoms with van der Waals surface area (Å²) in [5.41, 5.74) is 0.577. The smallest absolute Gasteiger partial charge is 0.354 e. The fourth-order valence-electron chi connectivity index (χ4n) is 2.06. The molecule has 1 aliphatic carbocycles. The van der Waals surface area contributed by atoms with E-state index in [9.17, 15) is 13.6 Å². The summed E-state index contributed by atoms with van der Waals surface area (Å²) in [7, 11) is 1.96. The van der Waals surface area contributed by atoms with E-state index >= 15 is 0 Å². The second kappa shape index (κ2) is 7.73. The summed E-state index contributed by atoms with van der Waals surface area (Å²) in [4.78, 5) is 16.3. The van der Waals surface area contributed by atoms with Crippen LogP contribution in [0.3, 0.4) is 0 Å². The molecule has 1 aromatic rings. The van der Waals surface area contributed by atoms with Crippen LogP contribution in [0, 0.1) is 5.92 Å². The lowest BCUT2D eigenvalue weighted by atomic mass is 10.1. The number of alkyl halides is 2. The molecule has 2 N–H and O–H groups in total. The number of rotatable bonds is 5. The number of ether oxygens (including phenoxy) is 1. The molecular formula is C18H27F2N3O3. The van der Waals surface area contributed by atoms with Crippen LogP contribution in [0.4, 0.5) is 14.5 Å². The number of nitrogens with one attached hydrogen (secondary N) is 1. The molecular weight excluding hydrogens is 344 g/mol. The molecule has 146 valence electrons. The van der Waals surface area contributed by atoms with Crippen molar-refractivity contribution in [3.63, 3.8) is 0 Å². The van der Waals surface area contributed by atoms with Crippen LogP contribution < -0.4 is 15.0 Å². The lowest BCUT2D eigenvalue weighted by molar-refractivity contribution is -0.0265. The summed E-state index contributed by atoms with van der Waals surface area (Å²) in [6, 6.07) is 2.78. The molecule has 0 aromatic carbocycles. The fraction of sp³-hybridized carbons (Fsp3) is 0.667. The number of hydrogen-bond acceptors (Lipinski definition) is 5. The molecule has 0 bridgehead atoms. The van der Waals surface area contributed by atoms with Crippen molar-refractivity contribution >= 4 is 11.7 Å². The fourth-order valence-corrected chi connectivity index (χ4v) is 2.06. The monoisotopic (exact) mass is 371 g/mol. The number of carboxylic acids is 1. The molecule has 8 heteroatoms. The predicted octanol–water partition coefficient (Wildman–Crippen LogP) is 3.03. The highest BCUT2D eigenvalue weighted by Gasteiger charge is 2.45. The van der Waals surface area contributed by atoms with Crippen LogP contribution in [-0.2, 0) is 0 Å². The van der Waals surface area contributed by atoms with Crippen LogP contribution in [0.25, 0.3) is 0 Å². The Balaban J connectivity index is 0.000000352. The molecule has 1 saturated heterocycles. The molecule has 1 saturated carbocycles. The minimum atomic E-state index is -2.70. The standard InChI is InChI=1S/C13H14F2N2O3.C5H13N/c14-13(15)6-17(7-13)10-4-3-9(12(18)19)16-11(10)20-5-8-1-2-8;1-5(2,3)6-4/h3-4,8H,1-2,5-7H2,(H,18,19);6H,1-4H3. The van der Waals surface area contributed by atoms with Crippen LogP contribution in [0.5, 0.6) is 5.88 Å². The SMILES string of the molecule is CNC(C)(C)C.O=C(O)c1ccc(N2CC(F)(F)C2)c(OCC2CC2)n1. The number of carboxylic acid groups (broad SMARTS) is 1. The Labute approximate surface area is 152 Å². The second-order valence-corrected chi connectivity index (χ2v) is 7.79. The van der Waals surface area contributed by atoms with Crippen molar-refractivity contribution in [1.29, 1.82) is 0 Å². The molecule has 3 rings (SSSR count). The van der Waals surface area contributed by atoms with Gasteiger partial charge in [0, 0.05) is 5.54 Å². The molecule has 26 heavy (non-hydrogen) atoms. The third-order valence-corrected chi connectivity index (χ3v) is 4.15. The molecule has 0 atom stereocenters. The van der Waals surface area contributed by atoms with Crippen LogP contribution in [0.2, 0.25) is 0 Å². The van der Waals surface area contributed by atoms with Crippen LogP contribution in [-0.4, -0.2) is 54.3 Å². The first-order chi connectivity index (χ1) is 12.0. The van der Waals surface area contributed by atoms with Crippen LogP contribution in [0.1, 0.15) is 44.1 Å². The highest BCUT2D eigenvalue weighted by Crippen LogP contribution is 2.37. The van der Waals surface area contributed by atoms with Gasteiger partial charge in [0.25, 0.3) is 5.92 Å². The molecule has 0 amide bonds. The van der Waals surface area contributed by atoms with Crippen molar-refractivity contribution in [2.75, 3.05) is 31.6 Å². The van der Waals surface area contributed by atoms with E-state index in [2.05, 4.69) is 31.1 Å². The second-order valence-electron chi connectivity index (χ2n) is 7.79. The molecule has 0 spiro atoms. The predicted molar refractivity (Wildman–Crippen MR) is 95.4 cm³/mol. The Hall–Kier alpha value is -1.96. The van der Waals surface area contributed by atoms with Crippen LogP contribution in [0.15, 0.2) is 12.1 Å². The van der Waals surface area contributed by atoms with Gasteiger partial charge in [-0.1, -0.05) is 0 Å². The van der Waals surface area contributed by atoms with E-state index in [0.29, 0.717) is 23.8 Å². The maximum atomic E-state index is 12.9. The molecule has 2 aliphatic rings. The molecule has 0 unspecified atom stereocenters. The summed E-state index contributed by atoms with van der Waals surface area (Å²) in [6.45, 7) is 6.07. The third kappa shape index (κ3) is 6.09. The van der Waals surface area contributed by atoms with Crippen molar-refractivity contribution in [2.24, 2.45) is 5.92 Å². The molecule has 2 fully saturated rings. The van der Waals surface area contributed by atoms with Crippen LogP contribution >= 0.6 is 0 Å². The Morgan fingerprint density at radius 1 is 1.38 bits per heavy atom. The zero-order valence-electron chi connectivity index (χ0n) is 15.7. The highest BCUT2D eigenvalue weighted by molar-refractivity contribution is 5.86. The van der Waals surface area contributed by atoms with Crippen molar-refractivity contribution < 1.29 is 23.4 Å². The minimum Gasteiger partial charge on any atom is -0.477 e. The Morgan fingerprint density at radius 3 is 2.38 bits per heavy atom. The molecule has 1 aromatic heterocycles. The summed E-state index contributed by atoms with van der Waals surface area (Å²) < 4.78 is 31.4. The van der Waals surface area contributed by atoms with Gasteiger partial charge in [0.2, 0.25) is 5.88 Å². The van der Waals surface area contributed by atoms with Crippen molar-refractivity contribution in [3.8, 4) is 5.88 Å². The van der Waals surface area contributed by atoms with Gasteiger partial charge in [-0.25, -0.2) is 18.6 Å². The molecule has 6 nitrogen and oxygen atoms in total. The lowest BCUT2D eigenvalue weighted by Crippen LogP contribution is -2.56. The minimum absolute atomic E-state index is 0.132. The van der Waals surface area contributed by atoms with Gasteiger partial charge in [0.05, 0.1) is 19.7 Å². The van der Waals surface area contributed by atoms with Gasteiger partial charge in [0.1, 0.15) is 5.69 Å². The number of hydrogen-bond donors (Lipinski definition) is 2. The maximum absolute atomic E-state index is 12.9. The molecule has 2 heterocycles. The summed E-state index contributed by atoms with van der Waals surface area (Å²) in [5.74, 6) is -3.26. The van der Waals surface area contributed by atoms with E-state index in [1.165, 1.54) is 17.0 Å². The molecule has 0 radical (unpaired) electrons.